The van der Waals surface area contributed by atoms with Gasteiger partial charge in [-0.15, -0.1) is 10.2 Å². The van der Waals surface area contributed by atoms with E-state index in [1.165, 1.54) is 11.5 Å². The van der Waals surface area contributed by atoms with Crippen molar-refractivity contribution >= 4 is 17.5 Å². The molecule has 62 valence electrons. The second-order valence-electron chi connectivity index (χ2n) is 2.13. The molecule has 0 amide bonds. The third-order valence-electron chi connectivity index (χ3n) is 1.29. The monoisotopic (exact) mass is 183 g/mol. The fourth-order valence-corrected chi connectivity index (χ4v) is 1.33. The lowest BCUT2D eigenvalue weighted by molar-refractivity contribution is 0.591. The number of anilines is 1. The molecule has 12 heavy (non-hydrogen) atoms. The summed E-state index contributed by atoms with van der Waals surface area (Å²) in [6, 6.07) is 0.0535. The quantitative estimate of drug-likeness (QED) is 0.691. The largest absolute Gasteiger partial charge is 0.403 e. The maximum absolute atomic E-state index is 5.26. The van der Waals surface area contributed by atoms with Crippen LogP contribution in [0.2, 0.25) is 0 Å². The molecule has 2 aromatic heterocycles. The first kappa shape index (κ1) is 7.17. The lowest BCUT2D eigenvalue weighted by Gasteiger charge is -1.85. The van der Waals surface area contributed by atoms with Gasteiger partial charge in [-0.1, -0.05) is 9.59 Å². The van der Waals surface area contributed by atoms with E-state index in [2.05, 4.69) is 19.8 Å². The van der Waals surface area contributed by atoms with E-state index in [-0.39, 0.29) is 6.01 Å². The fourth-order valence-electron chi connectivity index (χ4n) is 0.754. The van der Waals surface area contributed by atoms with Gasteiger partial charge in [0.05, 0.1) is 5.69 Å². The van der Waals surface area contributed by atoms with Crippen LogP contribution in [0.15, 0.2) is 4.42 Å². The van der Waals surface area contributed by atoms with Crippen molar-refractivity contribution in [2.24, 2.45) is 0 Å². The van der Waals surface area contributed by atoms with E-state index in [1.54, 1.807) is 0 Å². The van der Waals surface area contributed by atoms with E-state index in [9.17, 15) is 0 Å². The highest BCUT2D eigenvalue weighted by molar-refractivity contribution is 7.09. The summed E-state index contributed by atoms with van der Waals surface area (Å²) in [5, 5.41) is 11.0. The number of aromatic nitrogens is 4. The van der Waals surface area contributed by atoms with Gasteiger partial charge in [-0.2, -0.15) is 0 Å². The number of hydrogen-bond donors (Lipinski definition) is 1. The standard InChI is InChI=1S/C5H5N5OS/c1-2-3(12-10-7-2)4-8-9-5(6)11-4/h1H3,(H2,6,9). The molecule has 2 rings (SSSR count). The van der Waals surface area contributed by atoms with Crippen molar-refractivity contribution < 1.29 is 4.42 Å². The topological polar surface area (TPSA) is 90.7 Å². The molecule has 0 spiro atoms. The number of rotatable bonds is 1. The zero-order valence-corrected chi connectivity index (χ0v) is 7.00. The Hall–Kier alpha value is -1.50. The molecule has 0 saturated heterocycles. The molecule has 0 saturated carbocycles. The third kappa shape index (κ3) is 1.03. The molecule has 0 atom stereocenters. The minimum atomic E-state index is 0.0535. The lowest BCUT2D eigenvalue weighted by atomic mass is 10.4. The lowest BCUT2D eigenvalue weighted by Crippen LogP contribution is -1.81. The maximum Gasteiger partial charge on any atom is 0.313 e. The molecule has 0 aliphatic carbocycles. The van der Waals surface area contributed by atoms with Crippen LogP contribution < -0.4 is 5.73 Å². The zero-order chi connectivity index (χ0) is 8.55. The Morgan fingerprint density at radius 1 is 1.33 bits per heavy atom. The minimum absolute atomic E-state index is 0.0535. The second-order valence-corrected chi connectivity index (χ2v) is 2.89. The molecule has 0 aromatic carbocycles. The highest BCUT2D eigenvalue weighted by atomic mass is 32.1. The van der Waals surface area contributed by atoms with E-state index in [1.807, 2.05) is 6.92 Å². The molecule has 7 heteroatoms. The Morgan fingerprint density at radius 3 is 2.67 bits per heavy atom. The molecule has 0 fully saturated rings. The van der Waals surface area contributed by atoms with Crippen molar-refractivity contribution in [3.63, 3.8) is 0 Å². The predicted octanol–water partition coefficient (Wildman–Crippen LogP) is 0.479. The molecule has 2 heterocycles. The van der Waals surface area contributed by atoms with Crippen LogP contribution in [0.25, 0.3) is 10.8 Å². The van der Waals surface area contributed by atoms with Gasteiger partial charge in [0.2, 0.25) is 0 Å². The van der Waals surface area contributed by atoms with Gasteiger partial charge in [-0.3, -0.25) is 0 Å². The average Bonchev–Trinajstić information content (AvgIpc) is 2.58. The molecule has 0 aliphatic rings. The van der Waals surface area contributed by atoms with Gasteiger partial charge in [0.25, 0.3) is 5.89 Å². The Kier molecular flexibility index (Phi) is 1.51. The van der Waals surface area contributed by atoms with Crippen molar-refractivity contribution in [3.05, 3.63) is 5.69 Å². The maximum atomic E-state index is 5.26. The highest BCUT2D eigenvalue weighted by Gasteiger charge is 2.12. The first-order valence-electron chi connectivity index (χ1n) is 3.15. The molecule has 0 bridgehead atoms. The van der Waals surface area contributed by atoms with Crippen LogP contribution in [0.3, 0.4) is 0 Å². The minimum Gasteiger partial charge on any atom is -0.403 e. The molecule has 0 aliphatic heterocycles. The summed E-state index contributed by atoms with van der Waals surface area (Å²) < 4.78 is 8.73. The zero-order valence-electron chi connectivity index (χ0n) is 6.18. The predicted molar refractivity (Wildman–Crippen MR) is 42.4 cm³/mol. The smallest absolute Gasteiger partial charge is 0.313 e. The summed E-state index contributed by atoms with van der Waals surface area (Å²) in [5.74, 6) is 0.375. The molecular formula is C5H5N5OS. The molecule has 0 radical (unpaired) electrons. The van der Waals surface area contributed by atoms with Crippen LogP contribution in [0, 0.1) is 6.92 Å². The van der Waals surface area contributed by atoms with Gasteiger partial charge in [0.1, 0.15) is 4.88 Å². The van der Waals surface area contributed by atoms with E-state index in [4.69, 9.17) is 10.2 Å². The Morgan fingerprint density at radius 2 is 2.17 bits per heavy atom. The van der Waals surface area contributed by atoms with Gasteiger partial charge < -0.3 is 10.2 Å². The van der Waals surface area contributed by atoms with Crippen LogP contribution in [0.1, 0.15) is 5.69 Å². The van der Waals surface area contributed by atoms with Gasteiger partial charge in [0.15, 0.2) is 0 Å². The van der Waals surface area contributed by atoms with Crippen LogP contribution in [0.5, 0.6) is 0 Å². The van der Waals surface area contributed by atoms with Crippen LogP contribution >= 0.6 is 11.5 Å². The van der Waals surface area contributed by atoms with Crippen molar-refractivity contribution in [3.8, 4) is 10.8 Å². The Bertz CT molecular complexity index is 394. The Balaban J connectivity index is 2.50. The average molecular weight is 183 g/mol. The normalized spacial score (nSPS) is 10.4. The number of aryl methyl sites for hydroxylation is 1. The molecule has 0 unspecified atom stereocenters. The van der Waals surface area contributed by atoms with Crippen molar-refractivity contribution in [2.45, 2.75) is 6.92 Å². The number of nitrogen functional groups attached to an aromatic ring is 1. The molecule has 6 nitrogen and oxygen atoms in total. The van der Waals surface area contributed by atoms with Crippen LogP contribution in [0.4, 0.5) is 6.01 Å². The molecular weight excluding hydrogens is 178 g/mol. The number of hydrogen-bond acceptors (Lipinski definition) is 7. The second kappa shape index (κ2) is 2.52. The molecule has 2 N–H and O–H groups in total. The van der Waals surface area contributed by atoms with Gasteiger partial charge in [-0.05, 0) is 18.5 Å². The summed E-state index contributed by atoms with van der Waals surface area (Å²) in [6.07, 6.45) is 0. The van der Waals surface area contributed by atoms with Crippen molar-refractivity contribution in [1.82, 2.24) is 19.8 Å². The summed E-state index contributed by atoms with van der Waals surface area (Å²) >= 11 is 1.20. The summed E-state index contributed by atoms with van der Waals surface area (Å²) in [6.45, 7) is 1.82. The van der Waals surface area contributed by atoms with E-state index < -0.39 is 0 Å². The van der Waals surface area contributed by atoms with Gasteiger partial charge in [0, 0.05) is 0 Å². The van der Waals surface area contributed by atoms with Gasteiger partial charge >= 0.3 is 6.01 Å². The van der Waals surface area contributed by atoms with E-state index in [0.29, 0.717) is 5.89 Å². The van der Waals surface area contributed by atoms with Crippen molar-refractivity contribution in [1.29, 1.82) is 0 Å². The highest BCUT2D eigenvalue weighted by Crippen LogP contribution is 2.24. The fraction of sp³-hybridized carbons (Fsp3) is 0.200. The number of nitrogens with zero attached hydrogens (tertiary/aromatic N) is 4. The Labute approximate surface area is 71.6 Å². The van der Waals surface area contributed by atoms with Crippen LogP contribution in [-0.2, 0) is 0 Å². The SMILES string of the molecule is Cc1nnsc1-c1nnc(N)o1. The van der Waals surface area contributed by atoms with Crippen molar-refractivity contribution in [2.75, 3.05) is 5.73 Å². The third-order valence-corrected chi connectivity index (χ3v) is 2.10. The first-order chi connectivity index (χ1) is 5.77. The van der Waals surface area contributed by atoms with E-state index in [0.717, 1.165) is 10.6 Å². The molecule has 2 aromatic rings. The number of nitrogens with two attached hydrogens (primary N) is 1. The van der Waals surface area contributed by atoms with Gasteiger partial charge in [-0.25, -0.2) is 0 Å². The summed E-state index contributed by atoms with van der Waals surface area (Å²) in [4.78, 5) is 0.763. The summed E-state index contributed by atoms with van der Waals surface area (Å²) in [5.41, 5.74) is 6.03. The van der Waals surface area contributed by atoms with E-state index >= 15 is 0 Å². The first-order valence-corrected chi connectivity index (χ1v) is 3.93. The summed E-state index contributed by atoms with van der Waals surface area (Å²) in [7, 11) is 0. The van der Waals surface area contributed by atoms with Crippen LogP contribution in [-0.4, -0.2) is 19.8 Å².